The number of anilines is 1. The summed E-state index contributed by atoms with van der Waals surface area (Å²) in [5, 5.41) is 12.5. The molecule has 1 aliphatic carbocycles. The summed E-state index contributed by atoms with van der Waals surface area (Å²) in [6, 6.07) is 7.80. The number of allylic oxidation sites excluding steroid dienone is 3. The molecule has 1 aliphatic heterocycles. The van der Waals surface area contributed by atoms with Crippen LogP contribution in [0.3, 0.4) is 0 Å². The summed E-state index contributed by atoms with van der Waals surface area (Å²) in [7, 11) is 0. The van der Waals surface area contributed by atoms with Gasteiger partial charge in [-0.1, -0.05) is 12.5 Å². The largest absolute Gasteiger partial charge is 0.369 e. The number of fused-ring (bicyclic) bond motifs is 1. The van der Waals surface area contributed by atoms with Crippen LogP contribution in [0.25, 0.3) is 5.57 Å². The van der Waals surface area contributed by atoms with Crippen LogP contribution >= 0.6 is 0 Å². The fraction of sp³-hybridized carbons (Fsp3) is 0.333. The van der Waals surface area contributed by atoms with Gasteiger partial charge < -0.3 is 11.1 Å². The van der Waals surface area contributed by atoms with Crippen LogP contribution in [0.2, 0.25) is 0 Å². The van der Waals surface area contributed by atoms with E-state index < -0.39 is 0 Å². The molecule has 4 heteroatoms. The van der Waals surface area contributed by atoms with Gasteiger partial charge in [-0.05, 0) is 55.5 Å². The molecule has 1 aromatic carbocycles. The Balaban J connectivity index is 2.17. The van der Waals surface area contributed by atoms with Gasteiger partial charge in [-0.2, -0.15) is 5.26 Å². The number of hydrogen-bond acceptors (Lipinski definition) is 3. The monoisotopic (exact) mass is 293 g/mol. The Labute approximate surface area is 130 Å². The van der Waals surface area contributed by atoms with Gasteiger partial charge in [-0.3, -0.25) is 4.79 Å². The number of nitrogens with zero attached hydrogens (tertiary/aromatic N) is 1. The number of nitriles is 1. The summed E-state index contributed by atoms with van der Waals surface area (Å²) in [5.74, 6) is -0.523. The zero-order valence-corrected chi connectivity index (χ0v) is 12.6. The second kappa shape index (κ2) is 5.69. The lowest BCUT2D eigenvalue weighted by molar-refractivity contribution is -0.120. The zero-order valence-electron chi connectivity index (χ0n) is 12.6. The first kappa shape index (κ1) is 14.4. The molecule has 0 saturated heterocycles. The van der Waals surface area contributed by atoms with E-state index in [-0.39, 0.29) is 11.8 Å². The highest BCUT2D eigenvalue weighted by Gasteiger charge is 2.31. The summed E-state index contributed by atoms with van der Waals surface area (Å²) in [6.45, 7) is 2.00. The second-order valence-corrected chi connectivity index (χ2v) is 5.79. The molecule has 112 valence electrons. The number of rotatable bonds is 1. The maximum absolute atomic E-state index is 11.9. The van der Waals surface area contributed by atoms with Gasteiger partial charge in [0, 0.05) is 16.9 Å². The third-order valence-corrected chi connectivity index (χ3v) is 4.51. The number of primary amides is 1. The topological polar surface area (TPSA) is 78.9 Å². The molecule has 4 nitrogen and oxygen atoms in total. The molecule has 3 rings (SSSR count). The fourth-order valence-electron chi connectivity index (χ4n) is 3.45. The molecule has 0 fully saturated rings. The Bertz CT molecular complexity index is 737. The lowest BCUT2D eigenvalue weighted by Crippen LogP contribution is -2.29. The lowest BCUT2D eigenvalue weighted by Gasteiger charge is -2.29. The normalized spacial score (nSPS) is 22.2. The van der Waals surface area contributed by atoms with E-state index in [0.29, 0.717) is 5.56 Å². The Hall–Kier alpha value is -2.54. The van der Waals surface area contributed by atoms with E-state index in [0.717, 1.165) is 48.2 Å². The molecule has 3 N–H and O–H groups in total. The molecule has 0 spiro atoms. The van der Waals surface area contributed by atoms with Crippen LogP contribution in [-0.2, 0) is 4.79 Å². The van der Waals surface area contributed by atoms with Crippen LogP contribution < -0.4 is 11.1 Å². The average molecular weight is 293 g/mol. The van der Waals surface area contributed by atoms with Gasteiger partial charge in [0.2, 0.25) is 5.91 Å². The number of hydrogen-bond donors (Lipinski definition) is 2. The van der Waals surface area contributed by atoms with Gasteiger partial charge in [-0.15, -0.1) is 0 Å². The minimum atomic E-state index is -0.269. The molecule has 0 saturated carbocycles. The van der Waals surface area contributed by atoms with Crippen LogP contribution in [0, 0.1) is 17.2 Å². The Kier molecular flexibility index (Phi) is 3.72. The van der Waals surface area contributed by atoms with Gasteiger partial charge in [0.1, 0.15) is 0 Å². The van der Waals surface area contributed by atoms with Crippen LogP contribution in [0.5, 0.6) is 0 Å². The molecule has 1 atom stereocenters. The van der Waals surface area contributed by atoms with E-state index in [9.17, 15) is 4.79 Å². The standard InChI is InChI=1S/C18H19N3O/c1-2-12-13-5-3-4-6-14(18(20)22)17(13)21-16-8-7-11(10-19)9-15(12)16/h2,7-9,14,21H,3-6H2,1H3,(H2,20,22)/b12-2-. The van der Waals surface area contributed by atoms with E-state index in [4.69, 9.17) is 11.0 Å². The lowest BCUT2D eigenvalue weighted by atomic mass is 9.85. The van der Waals surface area contributed by atoms with E-state index >= 15 is 0 Å². The molecule has 1 aromatic rings. The van der Waals surface area contributed by atoms with Crippen LogP contribution in [0.15, 0.2) is 35.5 Å². The van der Waals surface area contributed by atoms with E-state index in [1.54, 1.807) is 6.07 Å². The maximum Gasteiger partial charge on any atom is 0.226 e. The number of benzene rings is 1. The molecule has 0 radical (unpaired) electrons. The minimum absolute atomic E-state index is 0.253. The SMILES string of the molecule is C/C=C1/C2=C(Nc3ccc(C#N)cc31)C(C(N)=O)CCCC2. The van der Waals surface area contributed by atoms with Gasteiger partial charge in [-0.25, -0.2) is 0 Å². The Morgan fingerprint density at radius 1 is 1.45 bits per heavy atom. The van der Waals surface area contributed by atoms with E-state index in [2.05, 4.69) is 17.5 Å². The number of nitrogens with two attached hydrogens (primary N) is 1. The number of amides is 1. The van der Waals surface area contributed by atoms with E-state index in [1.165, 1.54) is 5.57 Å². The predicted octanol–water partition coefficient (Wildman–Crippen LogP) is 3.32. The molecule has 1 unspecified atom stereocenters. The molecule has 1 heterocycles. The molecule has 1 amide bonds. The minimum Gasteiger partial charge on any atom is -0.369 e. The third-order valence-electron chi connectivity index (χ3n) is 4.51. The number of carbonyl (C=O) groups excluding carboxylic acids is 1. The summed E-state index contributed by atoms with van der Waals surface area (Å²) in [4.78, 5) is 11.9. The van der Waals surface area contributed by atoms with Crippen molar-refractivity contribution in [2.24, 2.45) is 11.7 Å². The summed E-state index contributed by atoms with van der Waals surface area (Å²) < 4.78 is 0. The van der Waals surface area contributed by atoms with Crippen molar-refractivity contribution in [3.8, 4) is 6.07 Å². The number of carbonyl (C=O) groups is 1. The van der Waals surface area contributed by atoms with Gasteiger partial charge in [0.25, 0.3) is 0 Å². The van der Waals surface area contributed by atoms with Crippen molar-refractivity contribution in [3.05, 3.63) is 46.7 Å². The van der Waals surface area contributed by atoms with Crippen LogP contribution in [-0.4, -0.2) is 5.91 Å². The molecule has 0 bridgehead atoms. The average Bonchev–Trinajstić information content (AvgIpc) is 2.74. The molecule has 22 heavy (non-hydrogen) atoms. The maximum atomic E-state index is 11.9. The van der Waals surface area contributed by atoms with Crippen molar-refractivity contribution in [1.29, 1.82) is 5.26 Å². The number of nitrogens with one attached hydrogen (secondary N) is 1. The molecule has 2 aliphatic rings. The van der Waals surface area contributed by atoms with Crippen molar-refractivity contribution >= 4 is 17.2 Å². The van der Waals surface area contributed by atoms with Gasteiger partial charge >= 0.3 is 0 Å². The second-order valence-electron chi connectivity index (χ2n) is 5.79. The van der Waals surface area contributed by atoms with Crippen LogP contribution in [0.1, 0.15) is 43.7 Å². The van der Waals surface area contributed by atoms with Crippen molar-refractivity contribution < 1.29 is 4.79 Å². The highest BCUT2D eigenvalue weighted by molar-refractivity contribution is 5.93. The quantitative estimate of drug-likeness (QED) is 0.833. The first-order valence-corrected chi connectivity index (χ1v) is 7.66. The Morgan fingerprint density at radius 3 is 2.95 bits per heavy atom. The summed E-state index contributed by atoms with van der Waals surface area (Å²) in [6.07, 6.45) is 5.85. The van der Waals surface area contributed by atoms with Crippen molar-refractivity contribution in [2.75, 3.05) is 5.32 Å². The fourth-order valence-corrected chi connectivity index (χ4v) is 3.45. The van der Waals surface area contributed by atoms with Crippen molar-refractivity contribution in [2.45, 2.75) is 32.6 Å². The van der Waals surface area contributed by atoms with Gasteiger partial charge in [0.05, 0.1) is 17.6 Å². The predicted molar refractivity (Wildman–Crippen MR) is 86.6 cm³/mol. The smallest absolute Gasteiger partial charge is 0.226 e. The van der Waals surface area contributed by atoms with Crippen molar-refractivity contribution in [3.63, 3.8) is 0 Å². The highest BCUT2D eigenvalue weighted by Crippen LogP contribution is 2.43. The molecule has 0 aromatic heterocycles. The van der Waals surface area contributed by atoms with Gasteiger partial charge in [0.15, 0.2) is 0 Å². The molecular formula is C18H19N3O. The van der Waals surface area contributed by atoms with E-state index in [1.807, 2.05) is 19.1 Å². The summed E-state index contributed by atoms with van der Waals surface area (Å²) >= 11 is 0. The zero-order chi connectivity index (χ0) is 15.7. The molecular weight excluding hydrogens is 274 g/mol. The summed E-state index contributed by atoms with van der Waals surface area (Å²) in [5.41, 5.74) is 11.5. The first-order valence-electron chi connectivity index (χ1n) is 7.66. The Morgan fingerprint density at radius 2 is 2.27 bits per heavy atom. The van der Waals surface area contributed by atoms with Crippen LogP contribution in [0.4, 0.5) is 5.69 Å². The highest BCUT2D eigenvalue weighted by atomic mass is 16.1. The van der Waals surface area contributed by atoms with Crippen molar-refractivity contribution in [1.82, 2.24) is 0 Å². The first-order chi connectivity index (χ1) is 10.7. The third kappa shape index (κ3) is 2.29.